The lowest BCUT2D eigenvalue weighted by atomic mass is 9.93. The predicted octanol–water partition coefficient (Wildman–Crippen LogP) is 3.82. The van der Waals surface area contributed by atoms with E-state index in [0.717, 1.165) is 31.2 Å². The van der Waals surface area contributed by atoms with E-state index in [1.807, 2.05) is 0 Å². The number of unbranched alkanes of at least 4 members (excludes halogenated alkanes) is 3. The summed E-state index contributed by atoms with van der Waals surface area (Å²) in [6.45, 7) is 2.13. The Morgan fingerprint density at radius 3 is 2.40 bits per heavy atom. The number of ether oxygens (including phenoxy) is 1. The Morgan fingerprint density at radius 1 is 1.25 bits per heavy atom. The number of methoxy groups -OCH3 is 1. The van der Waals surface area contributed by atoms with Gasteiger partial charge in [0.25, 0.3) is 5.69 Å². The van der Waals surface area contributed by atoms with E-state index in [1.54, 1.807) is 12.1 Å². The number of nitro groups is 1. The van der Waals surface area contributed by atoms with Crippen molar-refractivity contribution in [2.75, 3.05) is 7.11 Å². The standard InChI is InChI=1S/C15H21NO4/c1-3-4-5-6-7-14(15(17)20-2)12-8-10-13(11-9-12)16(18)19/h8-11,14H,3-7H2,1-2H3. The second-order valence-electron chi connectivity index (χ2n) is 4.77. The van der Waals surface area contributed by atoms with Gasteiger partial charge < -0.3 is 4.74 Å². The molecule has 0 bridgehead atoms. The van der Waals surface area contributed by atoms with Crippen molar-refractivity contribution in [2.24, 2.45) is 0 Å². The van der Waals surface area contributed by atoms with Crippen molar-refractivity contribution in [3.05, 3.63) is 39.9 Å². The quantitative estimate of drug-likeness (QED) is 0.314. The first kappa shape index (κ1) is 16.1. The summed E-state index contributed by atoms with van der Waals surface area (Å²) < 4.78 is 4.83. The van der Waals surface area contributed by atoms with Crippen LogP contribution in [0.15, 0.2) is 24.3 Å². The molecule has 0 saturated carbocycles. The van der Waals surface area contributed by atoms with Crippen LogP contribution in [0.3, 0.4) is 0 Å². The Kier molecular flexibility index (Phi) is 6.70. The lowest BCUT2D eigenvalue weighted by molar-refractivity contribution is -0.384. The number of nitrogens with zero attached hydrogens (tertiary/aromatic N) is 1. The van der Waals surface area contributed by atoms with Crippen molar-refractivity contribution in [3.8, 4) is 0 Å². The highest BCUT2D eigenvalue weighted by Gasteiger charge is 2.21. The number of rotatable bonds is 8. The molecule has 20 heavy (non-hydrogen) atoms. The number of non-ortho nitro benzene ring substituents is 1. The van der Waals surface area contributed by atoms with Crippen molar-refractivity contribution >= 4 is 11.7 Å². The molecule has 0 amide bonds. The third kappa shape index (κ3) is 4.64. The summed E-state index contributed by atoms with van der Waals surface area (Å²) in [6.07, 6.45) is 5.03. The van der Waals surface area contributed by atoms with Crippen molar-refractivity contribution in [1.82, 2.24) is 0 Å². The molecule has 1 aromatic rings. The second kappa shape index (κ2) is 8.30. The van der Waals surface area contributed by atoms with Gasteiger partial charge >= 0.3 is 5.97 Å². The Morgan fingerprint density at radius 2 is 1.90 bits per heavy atom. The molecule has 1 rings (SSSR count). The fourth-order valence-electron chi connectivity index (χ4n) is 2.17. The van der Waals surface area contributed by atoms with Crippen LogP contribution in [-0.2, 0) is 9.53 Å². The minimum Gasteiger partial charge on any atom is -0.469 e. The molecule has 5 heteroatoms. The SMILES string of the molecule is CCCCCCC(C(=O)OC)c1ccc([N+](=O)[O-])cc1. The van der Waals surface area contributed by atoms with Gasteiger partial charge in [0.05, 0.1) is 18.0 Å². The number of carbonyl (C=O) groups is 1. The van der Waals surface area contributed by atoms with Crippen molar-refractivity contribution < 1.29 is 14.5 Å². The highest BCUT2D eigenvalue weighted by Crippen LogP contribution is 2.26. The molecular formula is C15H21NO4. The maximum absolute atomic E-state index is 11.8. The summed E-state index contributed by atoms with van der Waals surface area (Å²) in [5, 5.41) is 10.6. The largest absolute Gasteiger partial charge is 0.469 e. The molecule has 0 radical (unpaired) electrons. The molecule has 0 spiro atoms. The van der Waals surface area contributed by atoms with E-state index in [9.17, 15) is 14.9 Å². The molecule has 1 atom stereocenters. The van der Waals surface area contributed by atoms with Crippen molar-refractivity contribution in [3.63, 3.8) is 0 Å². The normalized spacial score (nSPS) is 11.9. The van der Waals surface area contributed by atoms with Gasteiger partial charge in [-0.2, -0.15) is 0 Å². The topological polar surface area (TPSA) is 69.4 Å². The molecule has 0 fully saturated rings. The average molecular weight is 279 g/mol. The highest BCUT2D eigenvalue weighted by molar-refractivity contribution is 5.78. The monoisotopic (exact) mass is 279 g/mol. The molecule has 0 saturated heterocycles. The molecule has 1 unspecified atom stereocenters. The minimum absolute atomic E-state index is 0.0309. The van der Waals surface area contributed by atoms with Gasteiger partial charge in [-0.1, -0.05) is 44.7 Å². The fourth-order valence-corrected chi connectivity index (χ4v) is 2.17. The van der Waals surface area contributed by atoms with Gasteiger partial charge in [-0.25, -0.2) is 0 Å². The van der Waals surface area contributed by atoms with Gasteiger partial charge in [-0.3, -0.25) is 14.9 Å². The first-order valence-electron chi connectivity index (χ1n) is 6.92. The molecule has 0 N–H and O–H groups in total. The van der Waals surface area contributed by atoms with Gasteiger partial charge in [-0.15, -0.1) is 0 Å². The van der Waals surface area contributed by atoms with E-state index in [0.29, 0.717) is 6.42 Å². The molecule has 0 heterocycles. The molecule has 0 aliphatic heterocycles. The van der Waals surface area contributed by atoms with Crippen molar-refractivity contribution in [1.29, 1.82) is 0 Å². The Hall–Kier alpha value is -1.91. The smallest absolute Gasteiger partial charge is 0.313 e. The van der Waals surface area contributed by atoms with Crippen LogP contribution in [-0.4, -0.2) is 18.0 Å². The van der Waals surface area contributed by atoms with Gasteiger partial charge in [0, 0.05) is 12.1 Å². The summed E-state index contributed by atoms with van der Waals surface area (Å²) >= 11 is 0. The molecule has 110 valence electrons. The maximum Gasteiger partial charge on any atom is 0.313 e. The predicted molar refractivity (Wildman–Crippen MR) is 76.6 cm³/mol. The minimum atomic E-state index is -0.446. The lowest BCUT2D eigenvalue weighted by Crippen LogP contribution is -2.14. The number of benzene rings is 1. The summed E-state index contributed by atoms with van der Waals surface area (Å²) in [7, 11) is 1.37. The maximum atomic E-state index is 11.8. The molecule has 1 aromatic carbocycles. The van der Waals surface area contributed by atoms with Crippen LogP contribution in [0.4, 0.5) is 5.69 Å². The summed E-state index contributed by atoms with van der Waals surface area (Å²) in [5.74, 6) is -0.618. The van der Waals surface area contributed by atoms with E-state index in [-0.39, 0.29) is 17.6 Å². The van der Waals surface area contributed by atoms with Crippen LogP contribution in [0.1, 0.15) is 50.5 Å². The van der Waals surface area contributed by atoms with Gasteiger partial charge in [-0.05, 0) is 12.0 Å². The first-order valence-corrected chi connectivity index (χ1v) is 6.92. The van der Waals surface area contributed by atoms with Crippen LogP contribution < -0.4 is 0 Å². The van der Waals surface area contributed by atoms with E-state index in [2.05, 4.69) is 6.92 Å². The Bertz CT molecular complexity index is 442. The first-order chi connectivity index (χ1) is 9.60. The van der Waals surface area contributed by atoms with Crippen LogP contribution in [0.5, 0.6) is 0 Å². The van der Waals surface area contributed by atoms with Crippen LogP contribution in [0.2, 0.25) is 0 Å². The highest BCUT2D eigenvalue weighted by atomic mass is 16.6. The van der Waals surface area contributed by atoms with Gasteiger partial charge in [0.2, 0.25) is 0 Å². The zero-order chi connectivity index (χ0) is 15.0. The summed E-state index contributed by atoms with van der Waals surface area (Å²) in [5.41, 5.74) is 0.808. The zero-order valence-electron chi connectivity index (χ0n) is 12.0. The Labute approximate surface area is 119 Å². The molecule has 0 aliphatic rings. The lowest BCUT2D eigenvalue weighted by Gasteiger charge is -2.14. The van der Waals surface area contributed by atoms with E-state index in [1.165, 1.54) is 19.2 Å². The van der Waals surface area contributed by atoms with E-state index >= 15 is 0 Å². The third-order valence-electron chi connectivity index (χ3n) is 3.34. The molecule has 5 nitrogen and oxygen atoms in total. The number of hydrogen-bond acceptors (Lipinski definition) is 4. The fraction of sp³-hybridized carbons (Fsp3) is 0.533. The number of hydrogen-bond donors (Lipinski definition) is 0. The van der Waals surface area contributed by atoms with Crippen LogP contribution >= 0.6 is 0 Å². The third-order valence-corrected chi connectivity index (χ3v) is 3.34. The molecule has 0 aromatic heterocycles. The van der Waals surface area contributed by atoms with E-state index in [4.69, 9.17) is 4.74 Å². The van der Waals surface area contributed by atoms with Crippen LogP contribution in [0.25, 0.3) is 0 Å². The van der Waals surface area contributed by atoms with E-state index < -0.39 is 4.92 Å². The average Bonchev–Trinajstić information content (AvgIpc) is 2.47. The van der Waals surface area contributed by atoms with Gasteiger partial charge in [0.15, 0.2) is 0 Å². The zero-order valence-corrected chi connectivity index (χ0v) is 12.0. The van der Waals surface area contributed by atoms with Crippen LogP contribution in [0, 0.1) is 10.1 Å². The van der Waals surface area contributed by atoms with Crippen molar-refractivity contribution in [2.45, 2.75) is 44.9 Å². The summed E-state index contributed by atoms with van der Waals surface area (Å²) in [6, 6.07) is 6.13. The number of carbonyl (C=O) groups excluding carboxylic acids is 1. The molecule has 0 aliphatic carbocycles. The van der Waals surface area contributed by atoms with Gasteiger partial charge in [0.1, 0.15) is 0 Å². The number of nitro benzene ring substituents is 1. The molecular weight excluding hydrogens is 258 g/mol. The summed E-state index contributed by atoms with van der Waals surface area (Å²) in [4.78, 5) is 22.0. The Balaban J connectivity index is 2.76. The second-order valence-corrected chi connectivity index (χ2v) is 4.77. The number of esters is 1.